The monoisotopic (exact) mass is 332 g/mol. The summed E-state index contributed by atoms with van der Waals surface area (Å²) in [5.41, 5.74) is 1.08. The lowest BCUT2D eigenvalue weighted by molar-refractivity contribution is -0.129. The summed E-state index contributed by atoms with van der Waals surface area (Å²) in [6.45, 7) is 1.35. The van der Waals surface area contributed by atoms with Crippen LogP contribution < -0.4 is 9.64 Å². The van der Waals surface area contributed by atoms with Crippen molar-refractivity contribution in [2.75, 3.05) is 32.1 Å². The molecule has 0 radical (unpaired) electrons. The molecule has 1 aliphatic heterocycles. The smallest absolute Gasteiger partial charge is 0.227 e. The molecule has 1 aliphatic rings. The molecule has 7 heteroatoms. The standard InChI is InChI=1S/C16H20N4O2S/c1-19(2)14-8-15(18-11-17-14)22-13-3-5-20(9-13)16(21)7-12-4-6-23-10-12/h4,6,8,10-11,13H,3,5,7,9H2,1-2H3. The van der Waals surface area contributed by atoms with Crippen LogP contribution in [-0.4, -0.2) is 54.1 Å². The minimum Gasteiger partial charge on any atom is -0.472 e. The minimum absolute atomic E-state index is 0.00802. The van der Waals surface area contributed by atoms with Crippen LogP contribution in [0.3, 0.4) is 0 Å². The molecule has 0 N–H and O–H groups in total. The van der Waals surface area contributed by atoms with E-state index in [1.165, 1.54) is 6.33 Å². The Kier molecular flexibility index (Phi) is 4.76. The molecule has 0 saturated carbocycles. The number of aromatic nitrogens is 2. The van der Waals surface area contributed by atoms with Crippen molar-refractivity contribution in [3.63, 3.8) is 0 Å². The third kappa shape index (κ3) is 3.98. The van der Waals surface area contributed by atoms with Crippen molar-refractivity contribution in [1.29, 1.82) is 0 Å². The highest BCUT2D eigenvalue weighted by Crippen LogP contribution is 2.20. The molecule has 1 atom stereocenters. The van der Waals surface area contributed by atoms with Crippen molar-refractivity contribution in [3.8, 4) is 5.88 Å². The molecule has 3 rings (SSSR count). The van der Waals surface area contributed by atoms with Crippen LogP contribution in [-0.2, 0) is 11.2 Å². The molecule has 0 spiro atoms. The first kappa shape index (κ1) is 15.7. The lowest BCUT2D eigenvalue weighted by atomic mass is 10.2. The molecule has 3 heterocycles. The zero-order chi connectivity index (χ0) is 16.2. The van der Waals surface area contributed by atoms with E-state index in [1.807, 2.05) is 46.8 Å². The summed E-state index contributed by atoms with van der Waals surface area (Å²) in [5.74, 6) is 1.52. The second-order valence-electron chi connectivity index (χ2n) is 5.79. The number of thiophene rings is 1. The Bertz CT molecular complexity index is 660. The van der Waals surface area contributed by atoms with Crippen LogP contribution in [0.4, 0.5) is 5.82 Å². The summed E-state index contributed by atoms with van der Waals surface area (Å²) in [6.07, 6.45) is 2.79. The highest BCUT2D eigenvalue weighted by Gasteiger charge is 2.28. The molecular weight excluding hydrogens is 312 g/mol. The number of carbonyl (C=O) groups is 1. The molecule has 0 aromatic carbocycles. The predicted molar refractivity (Wildman–Crippen MR) is 90.0 cm³/mol. The molecule has 2 aromatic heterocycles. The second kappa shape index (κ2) is 6.95. The number of hydrogen-bond donors (Lipinski definition) is 0. The summed E-state index contributed by atoms with van der Waals surface area (Å²) < 4.78 is 5.91. The molecule has 1 amide bonds. The highest BCUT2D eigenvalue weighted by atomic mass is 32.1. The Balaban J connectivity index is 1.55. The Morgan fingerprint density at radius 1 is 1.48 bits per heavy atom. The predicted octanol–water partition coefficient (Wildman–Crippen LogP) is 1.83. The van der Waals surface area contributed by atoms with Gasteiger partial charge in [0.1, 0.15) is 18.2 Å². The molecule has 1 saturated heterocycles. The number of amides is 1. The van der Waals surface area contributed by atoms with E-state index in [1.54, 1.807) is 11.3 Å². The van der Waals surface area contributed by atoms with Crippen molar-refractivity contribution >= 4 is 23.1 Å². The second-order valence-corrected chi connectivity index (χ2v) is 6.57. The third-order valence-corrected chi connectivity index (χ3v) is 4.54. The first-order valence-electron chi connectivity index (χ1n) is 7.56. The average Bonchev–Trinajstić information content (AvgIpc) is 3.19. The fraction of sp³-hybridized carbons (Fsp3) is 0.438. The largest absolute Gasteiger partial charge is 0.472 e. The van der Waals surface area contributed by atoms with Crippen LogP contribution in [0.25, 0.3) is 0 Å². The van der Waals surface area contributed by atoms with Crippen molar-refractivity contribution in [3.05, 3.63) is 34.8 Å². The normalized spacial score (nSPS) is 17.3. The van der Waals surface area contributed by atoms with Crippen LogP contribution in [0.1, 0.15) is 12.0 Å². The van der Waals surface area contributed by atoms with Gasteiger partial charge < -0.3 is 14.5 Å². The topological polar surface area (TPSA) is 58.6 Å². The van der Waals surface area contributed by atoms with E-state index in [9.17, 15) is 4.79 Å². The maximum Gasteiger partial charge on any atom is 0.227 e. The number of anilines is 1. The summed E-state index contributed by atoms with van der Waals surface area (Å²) in [4.78, 5) is 24.4. The molecule has 0 aliphatic carbocycles. The number of likely N-dealkylation sites (tertiary alicyclic amines) is 1. The fourth-order valence-electron chi connectivity index (χ4n) is 2.54. The van der Waals surface area contributed by atoms with Crippen molar-refractivity contribution in [1.82, 2.24) is 14.9 Å². The quantitative estimate of drug-likeness (QED) is 0.836. The Morgan fingerprint density at radius 2 is 2.35 bits per heavy atom. The average molecular weight is 332 g/mol. The Morgan fingerprint density at radius 3 is 3.09 bits per heavy atom. The van der Waals surface area contributed by atoms with Crippen molar-refractivity contribution < 1.29 is 9.53 Å². The fourth-order valence-corrected chi connectivity index (χ4v) is 3.21. The van der Waals surface area contributed by atoms with Crippen LogP contribution >= 0.6 is 11.3 Å². The zero-order valence-corrected chi connectivity index (χ0v) is 14.1. The number of nitrogens with zero attached hydrogens (tertiary/aromatic N) is 4. The molecule has 1 fully saturated rings. The third-order valence-electron chi connectivity index (χ3n) is 3.81. The molecule has 1 unspecified atom stereocenters. The zero-order valence-electron chi connectivity index (χ0n) is 13.3. The van der Waals surface area contributed by atoms with Crippen molar-refractivity contribution in [2.24, 2.45) is 0 Å². The van der Waals surface area contributed by atoms with Crippen LogP contribution in [0, 0.1) is 0 Å². The Labute approximate surface area is 139 Å². The van der Waals surface area contributed by atoms with E-state index in [4.69, 9.17) is 4.74 Å². The van der Waals surface area contributed by atoms with Gasteiger partial charge in [-0.1, -0.05) is 0 Å². The van der Waals surface area contributed by atoms with E-state index in [0.29, 0.717) is 18.8 Å². The van der Waals surface area contributed by atoms with E-state index in [-0.39, 0.29) is 12.0 Å². The number of ether oxygens (including phenoxy) is 1. The molecular formula is C16H20N4O2S. The number of carbonyl (C=O) groups excluding carboxylic acids is 1. The summed E-state index contributed by atoms with van der Waals surface area (Å²) >= 11 is 1.62. The van der Waals surface area contributed by atoms with E-state index in [0.717, 1.165) is 24.3 Å². The first-order chi connectivity index (χ1) is 11.1. The van der Waals surface area contributed by atoms with Crippen LogP contribution in [0.2, 0.25) is 0 Å². The van der Waals surface area contributed by atoms with Crippen molar-refractivity contribution in [2.45, 2.75) is 18.9 Å². The maximum atomic E-state index is 12.3. The summed E-state index contributed by atoms with van der Waals surface area (Å²) in [5, 5.41) is 4.02. The highest BCUT2D eigenvalue weighted by molar-refractivity contribution is 7.07. The van der Waals surface area contributed by atoms with Gasteiger partial charge in [0.15, 0.2) is 0 Å². The molecule has 6 nitrogen and oxygen atoms in total. The lowest BCUT2D eigenvalue weighted by Gasteiger charge is -2.17. The van der Waals surface area contributed by atoms with Gasteiger partial charge in [-0.2, -0.15) is 11.3 Å². The van der Waals surface area contributed by atoms with Gasteiger partial charge in [-0.05, 0) is 22.4 Å². The molecule has 0 bridgehead atoms. The first-order valence-corrected chi connectivity index (χ1v) is 8.51. The Hall–Kier alpha value is -2.15. The SMILES string of the molecule is CN(C)c1cc(OC2CCN(C(=O)Cc3ccsc3)C2)ncn1. The molecule has 2 aromatic rings. The van der Waals surface area contributed by atoms with Gasteiger partial charge in [0.25, 0.3) is 0 Å². The van der Waals surface area contributed by atoms with Gasteiger partial charge >= 0.3 is 0 Å². The van der Waals surface area contributed by atoms with Crippen LogP contribution in [0.5, 0.6) is 5.88 Å². The van der Waals surface area contributed by atoms with Gasteiger partial charge in [0, 0.05) is 33.1 Å². The summed E-state index contributed by atoms with van der Waals surface area (Å²) in [6, 6.07) is 3.81. The van der Waals surface area contributed by atoms with E-state index >= 15 is 0 Å². The minimum atomic E-state index is -0.00802. The number of rotatable bonds is 5. The maximum absolute atomic E-state index is 12.3. The molecule has 122 valence electrons. The van der Waals surface area contributed by atoms with Gasteiger partial charge in [-0.15, -0.1) is 0 Å². The van der Waals surface area contributed by atoms with Gasteiger partial charge in [0.2, 0.25) is 11.8 Å². The lowest BCUT2D eigenvalue weighted by Crippen LogP contribution is -2.32. The number of hydrogen-bond acceptors (Lipinski definition) is 6. The van der Waals surface area contributed by atoms with Gasteiger partial charge in [-0.3, -0.25) is 4.79 Å². The molecule has 23 heavy (non-hydrogen) atoms. The summed E-state index contributed by atoms with van der Waals surface area (Å²) in [7, 11) is 3.85. The van der Waals surface area contributed by atoms with E-state index in [2.05, 4.69) is 9.97 Å². The van der Waals surface area contributed by atoms with E-state index < -0.39 is 0 Å². The van der Waals surface area contributed by atoms with Crippen LogP contribution in [0.15, 0.2) is 29.2 Å². The van der Waals surface area contributed by atoms with Gasteiger partial charge in [-0.25, -0.2) is 9.97 Å². The van der Waals surface area contributed by atoms with Gasteiger partial charge in [0.05, 0.1) is 13.0 Å².